The molecule has 1 aliphatic rings. The van der Waals surface area contributed by atoms with Gasteiger partial charge in [0.05, 0.1) is 6.61 Å². The van der Waals surface area contributed by atoms with Crippen LogP contribution in [0.25, 0.3) is 22.4 Å². The molecule has 1 unspecified atom stereocenters. The average Bonchev–Trinajstić information content (AvgIpc) is 3.05. The Hall–Kier alpha value is -2.31. The van der Waals surface area contributed by atoms with Crippen molar-refractivity contribution in [2.75, 3.05) is 19.7 Å². The molecule has 3 heterocycles. The van der Waals surface area contributed by atoms with Crippen molar-refractivity contribution in [2.24, 2.45) is 0 Å². The molecule has 0 aliphatic carbocycles. The second kappa shape index (κ2) is 5.23. The maximum atomic E-state index is 5.63. The maximum absolute atomic E-state index is 5.63. The number of hydrogen-bond acceptors (Lipinski definition) is 6. The number of fused-ring (bicyclic) bond motifs is 1. The van der Waals surface area contributed by atoms with Crippen LogP contribution in [-0.4, -0.2) is 34.8 Å². The van der Waals surface area contributed by atoms with Gasteiger partial charge in [-0.1, -0.05) is 29.4 Å². The van der Waals surface area contributed by atoms with Gasteiger partial charge in [-0.3, -0.25) is 4.98 Å². The molecule has 6 heteroatoms. The number of aromatic nitrogens is 3. The summed E-state index contributed by atoms with van der Waals surface area (Å²) in [5.74, 6) is 0.989. The molecule has 1 aliphatic heterocycles. The molecule has 0 radical (unpaired) electrons. The Morgan fingerprint density at radius 2 is 2.14 bits per heavy atom. The summed E-state index contributed by atoms with van der Waals surface area (Å²) in [5.41, 5.74) is 0.704. The van der Waals surface area contributed by atoms with Crippen LogP contribution in [0.5, 0.6) is 0 Å². The van der Waals surface area contributed by atoms with E-state index < -0.39 is 0 Å². The summed E-state index contributed by atoms with van der Waals surface area (Å²) in [5, 5.41) is 9.37. The molecule has 1 N–H and O–H groups in total. The Kier molecular flexibility index (Phi) is 3.10. The van der Waals surface area contributed by atoms with E-state index in [1.54, 1.807) is 6.20 Å². The van der Waals surface area contributed by atoms with Crippen LogP contribution >= 0.6 is 0 Å². The summed E-state index contributed by atoms with van der Waals surface area (Å²) in [7, 11) is 0. The summed E-state index contributed by atoms with van der Waals surface area (Å²) in [6.45, 7) is 2.20. The third-order valence-corrected chi connectivity index (χ3v) is 3.53. The van der Waals surface area contributed by atoms with Gasteiger partial charge in [-0.15, -0.1) is 0 Å². The van der Waals surface area contributed by atoms with Gasteiger partial charge in [0.1, 0.15) is 11.8 Å². The first kappa shape index (κ1) is 12.4. The predicted octanol–water partition coefficient (Wildman–Crippen LogP) is 1.95. The van der Waals surface area contributed by atoms with E-state index in [2.05, 4.69) is 20.4 Å². The Bertz CT molecular complexity index is 760. The average molecular weight is 282 g/mol. The fraction of sp³-hybridized carbons (Fsp3) is 0.267. The van der Waals surface area contributed by atoms with Gasteiger partial charge in [0.25, 0.3) is 5.89 Å². The predicted molar refractivity (Wildman–Crippen MR) is 76.6 cm³/mol. The molecule has 3 aromatic rings. The first-order valence-corrected chi connectivity index (χ1v) is 6.92. The van der Waals surface area contributed by atoms with E-state index in [9.17, 15) is 0 Å². The standard InChI is InChI=1S/C15H14N4O2/c1-2-4-11-10(3-1)5-6-17-13(11)15-18-14(19-21-15)12-9-16-7-8-20-12/h1-6,12,16H,7-9H2. The Balaban J connectivity index is 1.74. The van der Waals surface area contributed by atoms with Crippen molar-refractivity contribution in [3.63, 3.8) is 0 Å². The van der Waals surface area contributed by atoms with E-state index in [0.717, 1.165) is 17.3 Å². The molecule has 0 saturated carbocycles. The minimum Gasteiger partial charge on any atom is -0.367 e. The first-order valence-electron chi connectivity index (χ1n) is 6.92. The molecule has 1 aromatic carbocycles. The molecule has 4 rings (SSSR count). The molecule has 0 spiro atoms. The number of ether oxygens (including phenoxy) is 1. The van der Waals surface area contributed by atoms with E-state index in [-0.39, 0.29) is 6.10 Å². The van der Waals surface area contributed by atoms with E-state index in [1.165, 1.54) is 0 Å². The van der Waals surface area contributed by atoms with Gasteiger partial charge in [0.2, 0.25) is 5.82 Å². The van der Waals surface area contributed by atoms with Crippen molar-refractivity contribution >= 4 is 10.8 Å². The molecule has 21 heavy (non-hydrogen) atoms. The third kappa shape index (κ3) is 2.28. The SMILES string of the molecule is c1ccc2c(-c3nc(C4CNCCO4)no3)nccc2c1. The Morgan fingerprint density at radius 1 is 1.19 bits per heavy atom. The minimum atomic E-state index is -0.161. The van der Waals surface area contributed by atoms with Crippen molar-refractivity contribution in [3.05, 3.63) is 42.4 Å². The van der Waals surface area contributed by atoms with Crippen molar-refractivity contribution in [1.29, 1.82) is 0 Å². The van der Waals surface area contributed by atoms with Gasteiger partial charge in [0.15, 0.2) is 0 Å². The number of benzene rings is 1. The monoisotopic (exact) mass is 282 g/mol. The van der Waals surface area contributed by atoms with Crippen molar-refractivity contribution < 1.29 is 9.26 Å². The normalized spacial score (nSPS) is 19.0. The topological polar surface area (TPSA) is 73.1 Å². The molecule has 0 amide bonds. The third-order valence-electron chi connectivity index (χ3n) is 3.53. The number of morpholine rings is 1. The van der Waals surface area contributed by atoms with E-state index >= 15 is 0 Å². The van der Waals surface area contributed by atoms with E-state index in [0.29, 0.717) is 30.6 Å². The molecule has 0 bridgehead atoms. The molecule has 2 aromatic heterocycles. The highest BCUT2D eigenvalue weighted by molar-refractivity contribution is 5.92. The number of pyridine rings is 1. The molecule has 106 valence electrons. The molecular weight excluding hydrogens is 268 g/mol. The highest BCUT2D eigenvalue weighted by atomic mass is 16.5. The van der Waals surface area contributed by atoms with Crippen LogP contribution in [0.1, 0.15) is 11.9 Å². The van der Waals surface area contributed by atoms with Gasteiger partial charge >= 0.3 is 0 Å². The number of nitrogens with one attached hydrogen (secondary N) is 1. The lowest BCUT2D eigenvalue weighted by Gasteiger charge is -2.20. The second-order valence-corrected chi connectivity index (χ2v) is 4.90. The van der Waals surface area contributed by atoms with Gasteiger partial charge < -0.3 is 14.6 Å². The Labute approximate surface area is 121 Å². The smallest absolute Gasteiger partial charge is 0.277 e. The van der Waals surface area contributed by atoms with Crippen molar-refractivity contribution in [1.82, 2.24) is 20.4 Å². The van der Waals surface area contributed by atoms with Gasteiger partial charge in [0, 0.05) is 24.7 Å². The minimum absolute atomic E-state index is 0.161. The number of nitrogens with zero attached hydrogens (tertiary/aromatic N) is 3. The zero-order valence-corrected chi connectivity index (χ0v) is 11.3. The summed E-state index contributed by atoms with van der Waals surface area (Å²) in [6.07, 6.45) is 1.59. The van der Waals surface area contributed by atoms with E-state index in [1.807, 2.05) is 30.3 Å². The highest BCUT2D eigenvalue weighted by Gasteiger charge is 2.22. The summed E-state index contributed by atoms with van der Waals surface area (Å²) < 4.78 is 11.0. The highest BCUT2D eigenvalue weighted by Crippen LogP contribution is 2.26. The van der Waals surface area contributed by atoms with Gasteiger partial charge in [-0.05, 0) is 11.5 Å². The van der Waals surface area contributed by atoms with Crippen LogP contribution in [0.4, 0.5) is 0 Å². The zero-order valence-electron chi connectivity index (χ0n) is 11.3. The van der Waals surface area contributed by atoms with Gasteiger partial charge in [-0.2, -0.15) is 4.98 Å². The fourth-order valence-corrected chi connectivity index (χ4v) is 2.48. The quantitative estimate of drug-likeness (QED) is 0.774. The largest absolute Gasteiger partial charge is 0.367 e. The molecule has 1 fully saturated rings. The fourth-order valence-electron chi connectivity index (χ4n) is 2.48. The Morgan fingerprint density at radius 3 is 3.05 bits per heavy atom. The molecule has 1 saturated heterocycles. The van der Waals surface area contributed by atoms with Crippen molar-refractivity contribution in [3.8, 4) is 11.6 Å². The van der Waals surface area contributed by atoms with Crippen LogP contribution in [0.3, 0.4) is 0 Å². The van der Waals surface area contributed by atoms with Crippen LogP contribution in [0.15, 0.2) is 41.1 Å². The van der Waals surface area contributed by atoms with Crippen LogP contribution in [0, 0.1) is 0 Å². The molecule has 1 atom stereocenters. The molecule has 6 nitrogen and oxygen atoms in total. The molecular formula is C15H14N4O2. The number of hydrogen-bond donors (Lipinski definition) is 1. The lowest BCUT2D eigenvalue weighted by atomic mass is 10.1. The summed E-state index contributed by atoms with van der Waals surface area (Å²) in [4.78, 5) is 8.83. The summed E-state index contributed by atoms with van der Waals surface area (Å²) >= 11 is 0. The first-order chi connectivity index (χ1) is 10.4. The lowest BCUT2D eigenvalue weighted by molar-refractivity contribution is 0.0208. The van der Waals surface area contributed by atoms with E-state index in [4.69, 9.17) is 9.26 Å². The summed E-state index contributed by atoms with van der Waals surface area (Å²) in [6, 6.07) is 9.96. The van der Waals surface area contributed by atoms with Crippen LogP contribution < -0.4 is 5.32 Å². The maximum Gasteiger partial charge on any atom is 0.277 e. The lowest BCUT2D eigenvalue weighted by Crippen LogP contribution is -2.33. The second-order valence-electron chi connectivity index (χ2n) is 4.90. The number of rotatable bonds is 2. The zero-order chi connectivity index (χ0) is 14.1. The van der Waals surface area contributed by atoms with Crippen LogP contribution in [0.2, 0.25) is 0 Å². The van der Waals surface area contributed by atoms with Crippen LogP contribution in [-0.2, 0) is 4.74 Å². The van der Waals surface area contributed by atoms with Crippen molar-refractivity contribution in [2.45, 2.75) is 6.10 Å². The van der Waals surface area contributed by atoms with Gasteiger partial charge in [-0.25, -0.2) is 0 Å².